The standard InChI is InChI=1S/C9H18N2O4/c1-6(7(12)13)11-8(14)10-5-9(2,3)15-4/h6H,5H2,1-4H3,(H,12,13)(H2,10,11,14). The first kappa shape index (κ1) is 13.7. The lowest BCUT2D eigenvalue weighted by Gasteiger charge is -2.23. The molecule has 15 heavy (non-hydrogen) atoms. The first-order valence-electron chi connectivity index (χ1n) is 4.61. The van der Waals surface area contributed by atoms with E-state index in [0.717, 1.165) is 0 Å². The molecule has 0 aliphatic rings. The molecule has 0 bridgehead atoms. The van der Waals surface area contributed by atoms with Crippen LogP contribution in [0.4, 0.5) is 4.79 Å². The van der Waals surface area contributed by atoms with E-state index in [1.54, 1.807) is 7.11 Å². The maximum absolute atomic E-state index is 11.2. The Bertz CT molecular complexity index is 240. The van der Waals surface area contributed by atoms with Gasteiger partial charge in [0.15, 0.2) is 0 Å². The fourth-order valence-electron chi connectivity index (χ4n) is 0.675. The molecule has 1 unspecified atom stereocenters. The fourth-order valence-corrected chi connectivity index (χ4v) is 0.675. The number of nitrogens with one attached hydrogen (secondary N) is 2. The lowest BCUT2D eigenvalue weighted by molar-refractivity contribution is -0.138. The van der Waals surface area contributed by atoms with Gasteiger partial charge in [0.25, 0.3) is 0 Å². The van der Waals surface area contributed by atoms with Crippen LogP contribution in [0.2, 0.25) is 0 Å². The summed E-state index contributed by atoms with van der Waals surface area (Å²) >= 11 is 0. The highest BCUT2D eigenvalue weighted by Crippen LogP contribution is 2.04. The van der Waals surface area contributed by atoms with Gasteiger partial charge < -0.3 is 20.5 Å². The van der Waals surface area contributed by atoms with E-state index in [9.17, 15) is 9.59 Å². The summed E-state index contributed by atoms with van der Waals surface area (Å²) in [5.74, 6) is -1.07. The van der Waals surface area contributed by atoms with Crippen molar-refractivity contribution in [1.29, 1.82) is 0 Å². The SMILES string of the molecule is COC(C)(C)CNC(=O)NC(C)C(=O)O. The normalized spacial score (nSPS) is 13.1. The van der Waals surface area contributed by atoms with Gasteiger partial charge in [-0.05, 0) is 20.8 Å². The second kappa shape index (κ2) is 5.55. The quantitative estimate of drug-likeness (QED) is 0.614. The van der Waals surface area contributed by atoms with Gasteiger partial charge >= 0.3 is 12.0 Å². The van der Waals surface area contributed by atoms with E-state index in [2.05, 4.69) is 10.6 Å². The number of carbonyl (C=O) groups excluding carboxylic acids is 1. The van der Waals surface area contributed by atoms with Gasteiger partial charge in [-0.1, -0.05) is 0 Å². The van der Waals surface area contributed by atoms with E-state index in [1.807, 2.05) is 13.8 Å². The maximum atomic E-state index is 11.2. The Balaban J connectivity index is 3.91. The molecule has 0 aromatic carbocycles. The zero-order valence-electron chi connectivity index (χ0n) is 9.46. The molecule has 6 heteroatoms. The molecule has 0 aromatic rings. The Hall–Kier alpha value is -1.30. The average Bonchev–Trinajstić information content (AvgIpc) is 2.15. The van der Waals surface area contributed by atoms with Gasteiger partial charge in [-0.2, -0.15) is 0 Å². The van der Waals surface area contributed by atoms with Crippen LogP contribution in [0.25, 0.3) is 0 Å². The molecular weight excluding hydrogens is 200 g/mol. The molecule has 2 amide bonds. The predicted molar refractivity (Wildman–Crippen MR) is 54.7 cm³/mol. The smallest absolute Gasteiger partial charge is 0.325 e. The van der Waals surface area contributed by atoms with Crippen molar-refractivity contribution in [2.75, 3.05) is 13.7 Å². The fraction of sp³-hybridized carbons (Fsp3) is 0.778. The Morgan fingerprint density at radius 2 is 2.00 bits per heavy atom. The Labute approximate surface area is 89.0 Å². The van der Waals surface area contributed by atoms with Crippen LogP contribution < -0.4 is 10.6 Å². The van der Waals surface area contributed by atoms with Crippen molar-refractivity contribution in [3.05, 3.63) is 0 Å². The molecule has 0 radical (unpaired) electrons. The summed E-state index contributed by atoms with van der Waals surface area (Å²) in [5.41, 5.74) is -0.468. The number of carbonyl (C=O) groups is 2. The lowest BCUT2D eigenvalue weighted by atomic mass is 10.1. The van der Waals surface area contributed by atoms with Crippen LogP contribution in [0.5, 0.6) is 0 Å². The highest BCUT2D eigenvalue weighted by Gasteiger charge is 2.19. The van der Waals surface area contributed by atoms with Crippen LogP contribution in [0.1, 0.15) is 20.8 Å². The number of carboxylic acid groups (broad SMARTS) is 1. The molecule has 1 atom stereocenters. The molecule has 3 N–H and O–H groups in total. The molecule has 0 saturated carbocycles. The van der Waals surface area contributed by atoms with E-state index >= 15 is 0 Å². The number of urea groups is 1. The Morgan fingerprint density at radius 1 is 1.47 bits per heavy atom. The third kappa shape index (κ3) is 5.90. The summed E-state index contributed by atoms with van der Waals surface area (Å²) in [6, 6.07) is -1.43. The van der Waals surface area contributed by atoms with Crippen molar-refractivity contribution in [3.63, 3.8) is 0 Å². The molecule has 0 aliphatic carbocycles. The third-order valence-corrected chi connectivity index (χ3v) is 1.95. The molecule has 88 valence electrons. The van der Waals surface area contributed by atoms with Gasteiger partial charge in [-0.15, -0.1) is 0 Å². The second-order valence-corrected chi connectivity index (χ2v) is 3.85. The monoisotopic (exact) mass is 218 g/mol. The summed E-state index contributed by atoms with van der Waals surface area (Å²) in [4.78, 5) is 21.6. The topological polar surface area (TPSA) is 87.7 Å². The van der Waals surface area contributed by atoms with E-state index in [4.69, 9.17) is 9.84 Å². The highest BCUT2D eigenvalue weighted by molar-refractivity contribution is 5.82. The van der Waals surface area contributed by atoms with Gasteiger partial charge in [-0.3, -0.25) is 4.79 Å². The molecule has 0 rings (SSSR count). The van der Waals surface area contributed by atoms with E-state index < -0.39 is 23.6 Å². The minimum absolute atomic E-state index is 0.307. The van der Waals surface area contributed by atoms with Crippen molar-refractivity contribution >= 4 is 12.0 Å². The van der Waals surface area contributed by atoms with Crippen LogP contribution in [-0.4, -0.2) is 42.4 Å². The van der Waals surface area contributed by atoms with Crippen molar-refractivity contribution in [2.45, 2.75) is 32.4 Å². The van der Waals surface area contributed by atoms with Crippen LogP contribution in [0.15, 0.2) is 0 Å². The summed E-state index contributed by atoms with van der Waals surface area (Å²) < 4.78 is 5.08. The molecule has 6 nitrogen and oxygen atoms in total. The number of methoxy groups -OCH3 is 1. The number of hydrogen-bond acceptors (Lipinski definition) is 3. The average molecular weight is 218 g/mol. The summed E-state index contributed by atoms with van der Waals surface area (Å²) in [6.45, 7) is 5.33. The minimum Gasteiger partial charge on any atom is -0.480 e. The van der Waals surface area contributed by atoms with Crippen LogP contribution >= 0.6 is 0 Å². The van der Waals surface area contributed by atoms with Gasteiger partial charge in [0, 0.05) is 13.7 Å². The molecular formula is C9H18N2O4. The summed E-state index contributed by atoms with van der Waals surface area (Å²) in [7, 11) is 1.54. The van der Waals surface area contributed by atoms with E-state index in [0.29, 0.717) is 6.54 Å². The van der Waals surface area contributed by atoms with E-state index in [-0.39, 0.29) is 0 Å². The number of hydrogen-bond donors (Lipinski definition) is 3. The maximum Gasteiger partial charge on any atom is 0.325 e. The summed E-state index contributed by atoms with van der Waals surface area (Å²) in [6.07, 6.45) is 0. The third-order valence-electron chi connectivity index (χ3n) is 1.95. The van der Waals surface area contributed by atoms with Crippen LogP contribution in [0.3, 0.4) is 0 Å². The van der Waals surface area contributed by atoms with Crippen molar-refractivity contribution in [1.82, 2.24) is 10.6 Å². The highest BCUT2D eigenvalue weighted by atomic mass is 16.5. The van der Waals surface area contributed by atoms with Gasteiger partial charge in [0.05, 0.1) is 5.60 Å². The molecule has 0 saturated heterocycles. The molecule has 0 heterocycles. The zero-order valence-corrected chi connectivity index (χ0v) is 9.46. The summed E-state index contributed by atoms with van der Waals surface area (Å²) in [5, 5.41) is 13.3. The largest absolute Gasteiger partial charge is 0.480 e. The number of carboxylic acids is 1. The van der Waals surface area contributed by atoms with Crippen molar-refractivity contribution in [3.8, 4) is 0 Å². The van der Waals surface area contributed by atoms with E-state index in [1.165, 1.54) is 6.92 Å². The minimum atomic E-state index is -1.07. The first-order valence-corrected chi connectivity index (χ1v) is 4.61. The van der Waals surface area contributed by atoms with Gasteiger partial charge in [0.1, 0.15) is 6.04 Å². The Kier molecular flexibility index (Phi) is 5.07. The van der Waals surface area contributed by atoms with Crippen molar-refractivity contribution < 1.29 is 19.4 Å². The molecule has 0 spiro atoms. The van der Waals surface area contributed by atoms with Gasteiger partial charge in [0.2, 0.25) is 0 Å². The molecule has 0 fully saturated rings. The Morgan fingerprint density at radius 3 is 2.40 bits per heavy atom. The predicted octanol–water partition coefficient (Wildman–Crippen LogP) is 0.184. The molecule has 0 aliphatic heterocycles. The van der Waals surface area contributed by atoms with Crippen LogP contribution in [-0.2, 0) is 9.53 Å². The molecule has 0 aromatic heterocycles. The zero-order chi connectivity index (χ0) is 12.1. The number of aliphatic carboxylic acids is 1. The lowest BCUT2D eigenvalue weighted by Crippen LogP contribution is -2.48. The first-order chi connectivity index (χ1) is 6.78. The number of amides is 2. The second-order valence-electron chi connectivity index (χ2n) is 3.85. The van der Waals surface area contributed by atoms with Gasteiger partial charge in [-0.25, -0.2) is 4.79 Å². The number of rotatable bonds is 5. The number of ether oxygens (including phenoxy) is 1. The van der Waals surface area contributed by atoms with Crippen LogP contribution in [0, 0.1) is 0 Å². The van der Waals surface area contributed by atoms with Crippen molar-refractivity contribution in [2.24, 2.45) is 0 Å².